The smallest absolute Gasteiger partial charge is 0.329 e. The standard InChI is InChI=1S/C49H73NO13/c1-10-34-22-28(2)21-29(3)23-42(59-8)45-43(60-9)25-31(5)49(57,63-45)46(54)47(55)50-20-12-11-13-37(50)48(56)62-44(32(6)39(52)27-40(34)53)30(4)24-33-14-19-38(51)41(26-33)61-36-17-15-35(58-7)16-18-36/h15-18,22,24,29,31-34,37-39,41-45,51-52,57H,10-14,19-21,23,25-27H2,1-9H3/b28-22+,30-24+/t29-,31+,32+,33-,34+,37-,38+,39-,41+,42-,43-,44+,45+,49+/m0/s1. The number of ether oxygens (including phenoxy) is 6. The number of fused-ring (bicyclic) bond motifs is 3. The Morgan fingerprint density at radius 1 is 0.873 bits per heavy atom. The highest BCUT2D eigenvalue weighted by Gasteiger charge is 2.56. The van der Waals surface area contributed by atoms with E-state index < -0.39 is 90.0 Å². The average Bonchev–Trinajstić information content (AvgIpc) is 3.27. The predicted molar refractivity (Wildman–Crippen MR) is 235 cm³/mol. The molecule has 14 heteroatoms. The summed E-state index contributed by atoms with van der Waals surface area (Å²) < 4.78 is 35.9. The van der Waals surface area contributed by atoms with E-state index in [-0.39, 0.29) is 43.4 Å². The summed E-state index contributed by atoms with van der Waals surface area (Å²) in [5.41, 5.74) is 1.62. The van der Waals surface area contributed by atoms with Crippen LogP contribution in [0, 0.1) is 29.6 Å². The first-order valence-electron chi connectivity index (χ1n) is 23.0. The topological polar surface area (TPSA) is 188 Å². The van der Waals surface area contributed by atoms with E-state index in [2.05, 4.69) is 0 Å². The lowest BCUT2D eigenvalue weighted by atomic mass is 9.81. The molecule has 0 spiro atoms. The lowest BCUT2D eigenvalue weighted by Gasteiger charge is -2.47. The van der Waals surface area contributed by atoms with Crippen molar-refractivity contribution >= 4 is 23.4 Å². The van der Waals surface area contributed by atoms with Crippen molar-refractivity contribution in [3.8, 4) is 11.5 Å². The number of carbonyl (C=O) groups excluding carboxylic acids is 4. The molecular weight excluding hydrogens is 811 g/mol. The van der Waals surface area contributed by atoms with Crippen LogP contribution in [0.1, 0.15) is 112 Å². The lowest BCUT2D eigenvalue weighted by molar-refractivity contribution is -0.302. The first kappa shape index (κ1) is 50.3. The van der Waals surface area contributed by atoms with E-state index in [4.69, 9.17) is 28.4 Å². The normalized spacial score (nSPS) is 38.1. The molecule has 14 nitrogen and oxygen atoms in total. The summed E-state index contributed by atoms with van der Waals surface area (Å²) in [4.78, 5) is 58.2. The van der Waals surface area contributed by atoms with Gasteiger partial charge in [0.15, 0.2) is 0 Å². The van der Waals surface area contributed by atoms with Crippen LogP contribution < -0.4 is 9.47 Å². The van der Waals surface area contributed by atoms with E-state index in [1.54, 1.807) is 45.2 Å². The molecule has 1 aromatic rings. The fourth-order valence-corrected chi connectivity index (χ4v) is 10.1. The monoisotopic (exact) mass is 884 g/mol. The zero-order chi connectivity index (χ0) is 46.2. The minimum Gasteiger partial charge on any atom is -0.497 e. The van der Waals surface area contributed by atoms with Crippen LogP contribution in [-0.4, -0.2) is 126 Å². The van der Waals surface area contributed by atoms with Crippen LogP contribution >= 0.6 is 0 Å². The van der Waals surface area contributed by atoms with Crippen molar-refractivity contribution in [2.45, 2.75) is 167 Å². The SMILES string of the molecule is CC[C@@H]1/C=C(\C)C[C@H](C)C[C@H](OC)[C@H]2O[C@@](O)(C(=O)C(=O)N3CCCC[C@H]3C(=O)O[C@H](/C(C)=C/[C@@H]3CC[C@@H](O)[C@H](Oc4ccc(OC)cc4)C3)[C@H](C)[C@@H](O)CC1=O)[C@H](C)C[C@@H]2OC. The number of piperidine rings is 1. The number of aliphatic hydroxyl groups is 3. The number of nitrogens with zero attached hydrogens (tertiary/aromatic N) is 1. The zero-order valence-corrected chi connectivity index (χ0v) is 38.8. The number of esters is 1. The van der Waals surface area contributed by atoms with Crippen molar-refractivity contribution in [1.82, 2.24) is 4.90 Å². The van der Waals surface area contributed by atoms with Gasteiger partial charge < -0.3 is 48.6 Å². The van der Waals surface area contributed by atoms with Crippen molar-refractivity contribution in [2.75, 3.05) is 27.9 Å². The van der Waals surface area contributed by atoms with E-state index in [1.807, 2.05) is 39.8 Å². The quantitative estimate of drug-likeness (QED) is 0.159. The minimum absolute atomic E-state index is 0.0221. The fourth-order valence-electron chi connectivity index (χ4n) is 10.1. The molecule has 2 bridgehead atoms. The first-order valence-corrected chi connectivity index (χ1v) is 23.0. The highest BCUT2D eigenvalue weighted by Crippen LogP contribution is 2.39. The molecule has 2 saturated heterocycles. The number of Topliss-reactive ketones (excluding diaryl/α,β-unsaturated/α-hetero) is 2. The fraction of sp³-hybridized carbons (Fsp3) is 0.714. The molecule has 1 aromatic carbocycles. The molecule has 3 heterocycles. The van der Waals surface area contributed by atoms with Gasteiger partial charge in [-0.1, -0.05) is 45.4 Å². The van der Waals surface area contributed by atoms with Gasteiger partial charge in [-0.25, -0.2) is 4.79 Å². The number of rotatable bonds is 8. The van der Waals surface area contributed by atoms with Crippen LogP contribution in [0.2, 0.25) is 0 Å². The number of cyclic esters (lactones) is 1. The van der Waals surface area contributed by atoms with Gasteiger partial charge in [0.05, 0.1) is 31.5 Å². The van der Waals surface area contributed by atoms with E-state index >= 15 is 0 Å². The van der Waals surface area contributed by atoms with Gasteiger partial charge in [0, 0.05) is 44.9 Å². The number of methoxy groups -OCH3 is 3. The van der Waals surface area contributed by atoms with Gasteiger partial charge in [0.1, 0.15) is 41.6 Å². The highest BCUT2D eigenvalue weighted by molar-refractivity contribution is 6.39. The van der Waals surface area contributed by atoms with Crippen molar-refractivity contribution in [3.05, 3.63) is 47.6 Å². The van der Waals surface area contributed by atoms with E-state index in [0.29, 0.717) is 68.4 Å². The first-order chi connectivity index (χ1) is 29.9. The van der Waals surface area contributed by atoms with Gasteiger partial charge >= 0.3 is 5.97 Å². The van der Waals surface area contributed by atoms with Gasteiger partial charge in [-0.05, 0) is 120 Å². The second-order valence-corrected chi connectivity index (χ2v) is 18.7. The Morgan fingerprint density at radius 3 is 2.19 bits per heavy atom. The Hall–Kier alpha value is -3.66. The number of amides is 1. The lowest BCUT2D eigenvalue weighted by Crippen LogP contribution is -2.64. The maximum absolute atomic E-state index is 14.5. The molecule has 14 atom stereocenters. The Labute approximate surface area is 373 Å². The molecule has 3 aliphatic heterocycles. The van der Waals surface area contributed by atoms with Crippen LogP contribution in [0.25, 0.3) is 0 Å². The summed E-state index contributed by atoms with van der Waals surface area (Å²) in [5.74, 6) is -6.48. The van der Waals surface area contributed by atoms with Crippen LogP contribution in [0.15, 0.2) is 47.6 Å². The van der Waals surface area contributed by atoms with Gasteiger partial charge in [0.2, 0.25) is 5.79 Å². The largest absolute Gasteiger partial charge is 0.497 e. The van der Waals surface area contributed by atoms with Gasteiger partial charge in [-0.2, -0.15) is 0 Å². The number of ketones is 2. The summed E-state index contributed by atoms with van der Waals surface area (Å²) in [7, 11) is 4.64. The number of benzene rings is 1. The van der Waals surface area contributed by atoms with Gasteiger partial charge in [0.25, 0.3) is 11.7 Å². The van der Waals surface area contributed by atoms with E-state index in [9.17, 15) is 34.5 Å². The van der Waals surface area contributed by atoms with Crippen LogP contribution in [0.4, 0.5) is 0 Å². The number of aliphatic hydroxyl groups excluding tert-OH is 2. The molecule has 1 saturated carbocycles. The molecule has 3 N–H and O–H groups in total. The maximum Gasteiger partial charge on any atom is 0.329 e. The van der Waals surface area contributed by atoms with Crippen molar-refractivity contribution in [1.29, 1.82) is 0 Å². The number of hydrogen-bond donors (Lipinski definition) is 3. The molecule has 0 radical (unpaired) electrons. The average molecular weight is 884 g/mol. The minimum atomic E-state index is -2.52. The van der Waals surface area contributed by atoms with Crippen LogP contribution in [-0.2, 0) is 38.1 Å². The molecule has 1 amide bonds. The number of hydrogen-bond acceptors (Lipinski definition) is 13. The molecule has 63 heavy (non-hydrogen) atoms. The van der Waals surface area contributed by atoms with Crippen molar-refractivity contribution < 1.29 is 62.9 Å². The summed E-state index contributed by atoms with van der Waals surface area (Å²) in [5, 5.41) is 34.8. The summed E-state index contributed by atoms with van der Waals surface area (Å²) in [6, 6.07) is 5.98. The van der Waals surface area contributed by atoms with E-state index in [0.717, 1.165) is 5.57 Å². The van der Waals surface area contributed by atoms with Gasteiger partial charge in [-0.15, -0.1) is 0 Å². The Balaban J connectivity index is 1.50. The van der Waals surface area contributed by atoms with E-state index in [1.165, 1.54) is 19.1 Å². The maximum atomic E-state index is 14.5. The molecule has 4 aliphatic rings. The third-order valence-corrected chi connectivity index (χ3v) is 13.9. The zero-order valence-electron chi connectivity index (χ0n) is 38.8. The Morgan fingerprint density at radius 2 is 1.54 bits per heavy atom. The summed E-state index contributed by atoms with van der Waals surface area (Å²) in [6.45, 7) is 11.2. The molecule has 0 unspecified atom stereocenters. The third-order valence-electron chi connectivity index (χ3n) is 13.9. The van der Waals surface area contributed by atoms with Crippen molar-refractivity contribution in [3.63, 3.8) is 0 Å². The molecule has 1 aliphatic carbocycles. The molecule has 3 fully saturated rings. The third kappa shape index (κ3) is 12.2. The molecule has 352 valence electrons. The Bertz CT molecular complexity index is 1780. The summed E-state index contributed by atoms with van der Waals surface area (Å²) >= 11 is 0. The van der Waals surface area contributed by atoms with Crippen molar-refractivity contribution in [2.24, 2.45) is 29.6 Å². The molecule has 5 rings (SSSR count). The second-order valence-electron chi connectivity index (χ2n) is 18.7. The number of carbonyl (C=O) groups is 4. The predicted octanol–water partition coefficient (Wildman–Crippen LogP) is 5.91. The number of allylic oxidation sites excluding steroid dienone is 3. The van der Waals surface area contributed by atoms with Gasteiger partial charge in [-0.3, -0.25) is 14.4 Å². The van der Waals surface area contributed by atoms with Crippen LogP contribution in [0.3, 0.4) is 0 Å². The molecular formula is C49H73NO13. The summed E-state index contributed by atoms with van der Waals surface area (Å²) in [6.07, 6.45) is 2.99. The highest BCUT2D eigenvalue weighted by atomic mass is 16.7. The van der Waals surface area contributed by atoms with Crippen LogP contribution in [0.5, 0.6) is 11.5 Å². The molecule has 0 aromatic heterocycles. The second kappa shape index (κ2) is 22.5. The Kier molecular flexibility index (Phi) is 18.0.